The number of anilines is 1. The summed E-state index contributed by atoms with van der Waals surface area (Å²) in [6, 6.07) is 8.56. The Hall–Kier alpha value is -1.64. The summed E-state index contributed by atoms with van der Waals surface area (Å²) in [4.78, 5) is 8.57. The van der Waals surface area contributed by atoms with E-state index in [4.69, 9.17) is 0 Å². The second kappa shape index (κ2) is 4.92. The van der Waals surface area contributed by atoms with Gasteiger partial charge in [-0.05, 0) is 25.0 Å². The zero-order chi connectivity index (χ0) is 11.4. The quantitative estimate of drug-likeness (QED) is 0.850. The van der Waals surface area contributed by atoms with Crippen LogP contribution < -0.4 is 5.32 Å². The van der Waals surface area contributed by atoms with E-state index in [1.807, 2.05) is 18.2 Å². The Bertz CT molecular complexity index is 458. The summed E-state index contributed by atoms with van der Waals surface area (Å²) in [7, 11) is 0. The van der Waals surface area contributed by atoms with Crippen molar-refractivity contribution < 1.29 is 0 Å². The molecule has 1 aromatic heterocycles. The van der Waals surface area contributed by atoms with Crippen molar-refractivity contribution in [3.05, 3.63) is 30.6 Å². The number of fused-ring (bicyclic) bond motifs is 1. The molecule has 0 radical (unpaired) electrons. The Kier molecular flexibility index (Phi) is 3.34. The maximum absolute atomic E-state index is 4.32. The van der Waals surface area contributed by atoms with Crippen molar-refractivity contribution in [2.45, 2.75) is 32.7 Å². The number of nitrogens with one attached hydrogen (secondary N) is 1. The second-order valence-corrected chi connectivity index (χ2v) is 3.90. The van der Waals surface area contributed by atoms with Gasteiger partial charge in [-0.1, -0.05) is 26.0 Å². The molecule has 0 fully saturated rings. The molecular weight excluding hydrogens is 198 g/mol. The Morgan fingerprint density at radius 2 is 1.88 bits per heavy atom. The van der Waals surface area contributed by atoms with Gasteiger partial charge in [0.2, 0.25) is 0 Å². The largest absolute Gasteiger partial charge is 0.367 e. The van der Waals surface area contributed by atoms with E-state index in [1.165, 1.54) is 0 Å². The van der Waals surface area contributed by atoms with E-state index in [9.17, 15) is 0 Å². The maximum Gasteiger partial charge on any atom is 0.137 e. The first-order valence-corrected chi connectivity index (χ1v) is 5.81. The van der Waals surface area contributed by atoms with Crippen molar-refractivity contribution in [2.75, 3.05) is 5.32 Å². The normalized spacial score (nSPS) is 10.9. The smallest absolute Gasteiger partial charge is 0.137 e. The predicted molar refractivity (Wildman–Crippen MR) is 67.5 cm³/mol. The summed E-state index contributed by atoms with van der Waals surface area (Å²) < 4.78 is 0. The highest BCUT2D eigenvalue weighted by Crippen LogP contribution is 2.19. The lowest BCUT2D eigenvalue weighted by Gasteiger charge is -2.16. The van der Waals surface area contributed by atoms with Crippen molar-refractivity contribution >= 4 is 16.7 Å². The maximum atomic E-state index is 4.32. The van der Waals surface area contributed by atoms with Crippen LogP contribution in [0, 0.1) is 0 Å². The molecule has 0 amide bonds. The van der Waals surface area contributed by atoms with E-state index in [0.717, 1.165) is 29.6 Å². The van der Waals surface area contributed by atoms with Gasteiger partial charge in [0.25, 0.3) is 0 Å². The summed E-state index contributed by atoms with van der Waals surface area (Å²) in [6.07, 6.45) is 3.83. The number of hydrogen-bond acceptors (Lipinski definition) is 3. The lowest BCUT2D eigenvalue weighted by atomic mass is 10.1. The highest BCUT2D eigenvalue weighted by Gasteiger charge is 2.07. The summed E-state index contributed by atoms with van der Waals surface area (Å²) in [5.41, 5.74) is 0.992. The zero-order valence-electron chi connectivity index (χ0n) is 9.77. The molecule has 0 atom stereocenters. The van der Waals surface area contributed by atoms with Crippen LogP contribution in [0.15, 0.2) is 30.6 Å². The molecule has 0 unspecified atom stereocenters. The van der Waals surface area contributed by atoms with Crippen molar-refractivity contribution in [2.24, 2.45) is 0 Å². The Morgan fingerprint density at radius 1 is 1.12 bits per heavy atom. The van der Waals surface area contributed by atoms with Gasteiger partial charge in [-0.25, -0.2) is 9.97 Å². The average Bonchev–Trinajstić information content (AvgIpc) is 2.36. The van der Waals surface area contributed by atoms with Crippen LogP contribution in [0.3, 0.4) is 0 Å². The topological polar surface area (TPSA) is 37.8 Å². The predicted octanol–water partition coefficient (Wildman–Crippen LogP) is 3.23. The molecule has 1 aromatic carbocycles. The van der Waals surface area contributed by atoms with Gasteiger partial charge in [0, 0.05) is 11.4 Å². The standard InChI is InChI=1S/C13H17N3/c1-3-10(4-2)16-13-11-7-5-6-8-12(11)14-9-15-13/h5-10H,3-4H2,1-2H3,(H,14,15,16). The molecule has 16 heavy (non-hydrogen) atoms. The molecule has 1 heterocycles. The molecule has 84 valence electrons. The highest BCUT2D eigenvalue weighted by molar-refractivity contribution is 5.88. The number of aromatic nitrogens is 2. The van der Waals surface area contributed by atoms with Gasteiger partial charge in [0.15, 0.2) is 0 Å². The molecule has 2 aromatic rings. The van der Waals surface area contributed by atoms with Crippen LogP contribution in [-0.4, -0.2) is 16.0 Å². The molecule has 0 spiro atoms. The summed E-state index contributed by atoms with van der Waals surface area (Å²) in [5.74, 6) is 0.944. The minimum atomic E-state index is 0.485. The molecule has 0 aliphatic carbocycles. The molecule has 2 rings (SSSR count). The molecule has 0 aliphatic rings. The van der Waals surface area contributed by atoms with Crippen LogP contribution in [0.1, 0.15) is 26.7 Å². The van der Waals surface area contributed by atoms with Crippen LogP contribution in [0.2, 0.25) is 0 Å². The van der Waals surface area contributed by atoms with Crippen molar-refractivity contribution in [1.29, 1.82) is 0 Å². The van der Waals surface area contributed by atoms with Gasteiger partial charge in [0.1, 0.15) is 12.1 Å². The van der Waals surface area contributed by atoms with Gasteiger partial charge in [-0.15, -0.1) is 0 Å². The average molecular weight is 215 g/mol. The summed E-state index contributed by atoms with van der Waals surface area (Å²) >= 11 is 0. The molecule has 0 saturated heterocycles. The lowest BCUT2D eigenvalue weighted by Crippen LogP contribution is -2.18. The number of nitrogens with zero attached hydrogens (tertiary/aromatic N) is 2. The van der Waals surface area contributed by atoms with Gasteiger partial charge in [-0.2, -0.15) is 0 Å². The van der Waals surface area contributed by atoms with E-state index in [1.54, 1.807) is 6.33 Å². The first-order valence-electron chi connectivity index (χ1n) is 5.81. The molecule has 1 N–H and O–H groups in total. The summed E-state index contributed by atoms with van der Waals surface area (Å²) in [6.45, 7) is 4.37. The van der Waals surface area contributed by atoms with Gasteiger partial charge < -0.3 is 5.32 Å². The molecule has 0 bridgehead atoms. The lowest BCUT2D eigenvalue weighted by molar-refractivity contribution is 0.669. The van der Waals surface area contributed by atoms with Crippen LogP contribution >= 0.6 is 0 Å². The van der Waals surface area contributed by atoms with E-state index in [0.29, 0.717) is 6.04 Å². The fourth-order valence-corrected chi connectivity index (χ4v) is 1.81. The van der Waals surface area contributed by atoms with Crippen LogP contribution in [0.25, 0.3) is 10.9 Å². The molecule has 3 nitrogen and oxygen atoms in total. The van der Waals surface area contributed by atoms with E-state index in [-0.39, 0.29) is 0 Å². The van der Waals surface area contributed by atoms with Crippen LogP contribution in [0.5, 0.6) is 0 Å². The van der Waals surface area contributed by atoms with Crippen molar-refractivity contribution in [1.82, 2.24) is 9.97 Å². The Labute approximate surface area is 95.9 Å². The van der Waals surface area contributed by atoms with Crippen molar-refractivity contribution in [3.63, 3.8) is 0 Å². The van der Waals surface area contributed by atoms with Crippen LogP contribution in [0.4, 0.5) is 5.82 Å². The Balaban J connectivity index is 2.36. The van der Waals surface area contributed by atoms with Crippen LogP contribution in [-0.2, 0) is 0 Å². The minimum absolute atomic E-state index is 0.485. The fourth-order valence-electron chi connectivity index (χ4n) is 1.81. The minimum Gasteiger partial charge on any atom is -0.367 e. The fraction of sp³-hybridized carbons (Fsp3) is 0.385. The zero-order valence-corrected chi connectivity index (χ0v) is 9.77. The second-order valence-electron chi connectivity index (χ2n) is 3.90. The third-order valence-corrected chi connectivity index (χ3v) is 2.87. The number of para-hydroxylation sites is 1. The first kappa shape index (κ1) is 10.9. The first-order chi connectivity index (χ1) is 7.85. The number of benzene rings is 1. The number of hydrogen-bond donors (Lipinski definition) is 1. The van der Waals surface area contributed by atoms with Gasteiger partial charge in [-0.3, -0.25) is 0 Å². The van der Waals surface area contributed by atoms with Gasteiger partial charge in [0.05, 0.1) is 5.52 Å². The number of rotatable bonds is 4. The highest BCUT2D eigenvalue weighted by atomic mass is 15.0. The summed E-state index contributed by atoms with van der Waals surface area (Å²) in [5, 5.41) is 4.56. The van der Waals surface area contributed by atoms with Gasteiger partial charge >= 0.3 is 0 Å². The monoisotopic (exact) mass is 215 g/mol. The molecular formula is C13H17N3. The van der Waals surface area contributed by atoms with E-state index >= 15 is 0 Å². The third-order valence-electron chi connectivity index (χ3n) is 2.87. The SMILES string of the molecule is CCC(CC)Nc1ncnc2ccccc12. The van der Waals surface area contributed by atoms with Crippen molar-refractivity contribution in [3.8, 4) is 0 Å². The molecule has 0 aliphatic heterocycles. The third kappa shape index (κ3) is 2.13. The van der Waals surface area contributed by atoms with E-state index in [2.05, 4.69) is 35.2 Å². The molecule has 3 heteroatoms. The molecule has 0 saturated carbocycles. The van der Waals surface area contributed by atoms with E-state index < -0.39 is 0 Å². The Morgan fingerprint density at radius 3 is 2.62 bits per heavy atom.